The Labute approximate surface area is 174 Å². The van der Waals surface area contributed by atoms with E-state index in [0.29, 0.717) is 11.8 Å². The number of aromatic nitrogens is 2. The zero-order chi connectivity index (χ0) is 22.0. The normalized spacial score (nSPS) is 11.0. The van der Waals surface area contributed by atoms with Gasteiger partial charge in [0.1, 0.15) is 17.4 Å². The molecule has 0 aliphatic heterocycles. The Balaban J connectivity index is 1.62. The van der Waals surface area contributed by atoms with E-state index in [1.54, 1.807) is 24.3 Å². The molecule has 2 aromatic carbocycles. The molecule has 31 heavy (non-hydrogen) atoms. The van der Waals surface area contributed by atoms with Gasteiger partial charge < -0.3 is 9.32 Å². The van der Waals surface area contributed by atoms with Crippen LogP contribution in [0.1, 0.15) is 12.2 Å². The van der Waals surface area contributed by atoms with Gasteiger partial charge in [-0.15, -0.1) is 0 Å². The molecule has 158 valence electrons. The topological polar surface area (TPSA) is 88.3 Å². The van der Waals surface area contributed by atoms with E-state index in [2.05, 4.69) is 5.10 Å². The van der Waals surface area contributed by atoms with Crippen molar-refractivity contribution in [1.29, 1.82) is 0 Å². The van der Waals surface area contributed by atoms with E-state index in [-0.39, 0.29) is 36.0 Å². The fourth-order valence-electron chi connectivity index (χ4n) is 3.31. The Morgan fingerprint density at radius 1 is 1.03 bits per heavy atom. The molecule has 0 bridgehead atoms. The number of hydrogen-bond donors (Lipinski definition) is 1. The van der Waals surface area contributed by atoms with Crippen molar-refractivity contribution in [2.24, 2.45) is 0 Å². The zero-order valence-electron chi connectivity index (χ0n) is 16.2. The molecule has 0 aliphatic carbocycles. The predicted molar refractivity (Wildman–Crippen MR) is 110 cm³/mol. The van der Waals surface area contributed by atoms with Crippen LogP contribution in [0.25, 0.3) is 10.8 Å². The quantitative estimate of drug-likeness (QED) is 0.514. The lowest BCUT2D eigenvalue weighted by molar-refractivity contribution is -0.119. The molecule has 0 spiro atoms. The number of nitrogens with one attached hydrogen (secondary N) is 1. The molecule has 9 heteroatoms. The number of nitrogens with zero attached hydrogens (tertiary/aromatic N) is 2. The van der Waals surface area contributed by atoms with E-state index in [1.165, 1.54) is 18.4 Å². The Kier molecular flexibility index (Phi) is 5.48. The summed E-state index contributed by atoms with van der Waals surface area (Å²) in [5, 5.41) is 2.94. The minimum absolute atomic E-state index is 0.0858. The van der Waals surface area contributed by atoms with Crippen molar-refractivity contribution < 1.29 is 18.0 Å². The standard InChI is InChI=1S/C22H17F2N3O4/c23-14-7-8-19(18(24)12-14)26(13-15-4-3-11-31-15)20(28)9-10-27-22(30)17-6-2-1-5-16(17)21(29)25-27/h1-8,11-12H,9-10,13H2,(H,25,29). The molecular weight excluding hydrogens is 408 g/mol. The van der Waals surface area contributed by atoms with E-state index in [0.717, 1.165) is 21.7 Å². The fourth-order valence-corrected chi connectivity index (χ4v) is 3.31. The van der Waals surface area contributed by atoms with Crippen LogP contribution in [-0.4, -0.2) is 15.7 Å². The average Bonchev–Trinajstić information content (AvgIpc) is 3.27. The smallest absolute Gasteiger partial charge is 0.273 e. The van der Waals surface area contributed by atoms with Crippen LogP contribution < -0.4 is 16.0 Å². The second kappa shape index (κ2) is 8.39. The number of hydrogen-bond acceptors (Lipinski definition) is 4. The van der Waals surface area contributed by atoms with Crippen molar-refractivity contribution in [3.05, 3.63) is 99.0 Å². The molecule has 0 unspecified atom stereocenters. The monoisotopic (exact) mass is 425 g/mol. The van der Waals surface area contributed by atoms with Crippen LogP contribution in [0.15, 0.2) is 74.9 Å². The number of benzene rings is 2. The summed E-state index contributed by atoms with van der Waals surface area (Å²) in [7, 11) is 0. The van der Waals surface area contributed by atoms with Gasteiger partial charge in [0.15, 0.2) is 0 Å². The number of aromatic amines is 1. The van der Waals surface area contributed by atoms with E-state index in [1.807, 2.05) is 0 Å². The lowest BCUT2D eigenvalue weighted by Crippen LogP contribution is -2.35. The van der Waals surface area contributed by atoms with Gasteiger partial charge in [-0.2, -0.15) is 0 Å². The van der Waals surface area contributed by atoms with Crippen LogP contribution in [0.3, 0.4) is 0 Å². The van der Waals surface area contributed by atoms with Crippen molar-refractivity contribution in [3.63, 3.8) is 0 Å². The number of rotatable bonds is 6. The highest BCUT2D eigenvalue weighted by molar-refractivity contribution is 5.93. The highest BCUT2D eigenvalue weighted by atomic mass is 19.1. The van der Waals surface area contributed by atoms with Crippen molar-refractivity contribution in [1.82, 2.24) is 9.78 Å². The van der Waals surface area contributed by atoms with Gasteiger partial charge in [-0.3, -0.25) is 19.5 Å². The molecule has 2 aromatic heterocycles. The molecule has 0 aliphatic rings. The van der Waals surface area contributed by atoms with Gasteiger partial charge >= 0.3 is 0 Å². The molecule has 0 fully saturated rings. The van der Waals surface area contributed by atoms with Crippen LogP contribution in [-0.2, 0) is 17.9 Å². The first-order chi connectivity index (χ1) is 14.9. The van der Waals surface area contributed by atoms with E-state index in [9.17, 15) is 23.2 Å². The second-order valence-electron chi connectivity index (χ2n) is 6.85. The van der Waals surface area contributed by atoms with Crippen molar-refractivity contribution >= 4 is 22.4 Å². The third-order valence-electron chi connectivity index (χ3n) is 4.83. The molecule has 0 saturated heterocycles. The minimum Gasteiger partial charge on any atom is -0.467 e. The Bertz CT molecular complexity index is 1360. The van der Waals surface area contributed by atoms with E-state index in [4.69, 9.17) is 4.42 Å². The van der Waals surface area contributed by atoms with Crippen molar-refractivity contribution in [2.45, 2.75) is 19.5 Å². The number of aryl methyl sites for hydroxylation is 1. The number of anilines is 1. The van der Waals surface area contributed by atoms with Crippen LogP contribution >= 0.6 is 0 Å². The summed E-state index contributed by atoms with van der Waals surface area (Å²) >= 11 is 0. The number of H-pyrrole nitrogens is 1. The highest BCUT2D eigenvalue weighted by Gasteiger charge is 2.21. The maximum absolute atomic E-state index is 14.4. The molecule has 4 rings (SSSR count). The number of furan rings is 1. The lowest BCUT2D eigenvalue weighted by atomic mass is 10.2. The van der Waals surface area contributed by atoms with Crippen LogP contribution in [0.5, 0.6) is 0 Å². The summed E-state index contributed by atoms with van der Waals surface area (Å²) < 4.78 is 34.0. The molecular formula is C22H17F2N3O4. The summed E-state index contributed by atoms with van der Waals surface area (Å²) in [6.45, 7) is -0.216. The predicted octanol–water partition coefficient (Wildman–Crippen LogP) is 3.18. The van der Waals surface area contributed by atoms with Gasteiger partial charge in [-0.05, 0) is 36.4 Å². The third-order valence-corrected chi connectivity index (χ3v) is 4.83. The van der Waals surface area contributed by atoms with Crippen LogP contribution in [0, 0.1) is 11.6 Å². The third kappa shape index (κ3) is 4.16. The number of fused-ring (bicyclic) bond motifs is 1. The molecule has 2 heterocycles. The van der Waals surface area contributed by atoms with Gasteiger partial charge in [-0.25, -0.2) is 13.5 Å². The Hall–Kier alpha value is -4.01. The number of carbonyl (C=O) groups is 1. The van der Waals surface area contributed by atoms with E-state index >= 15 is 0 Å². The van der Waals surface area contributed by atoms with Gasteiger partial charge in [0.2, 0.25) is 5.91 Å². The van der Waals surface area contributed by atoms with Crippen molar-refractivity contribution in [3.8, 4) is 0 Å². The Morgan fingerprint density at radius 2 is 1.81 bits per heavy atom. The molecule has 0 radical (unpaired) electrons. The largest absolute Gasteiger partial charge is 0.467 e. The zero-order valence-corrected chi connectivity index (χ0v) is 16.2. The second-order valence-corrected chi connectivity index (χ2v) is 6.85. The van der Waals surface area contributed by atoms with Crippen LogP contribution in [0.4, 0.5) is 14.5 Å². The summed E-state index contributed by atoms with van der Waals surface area (Å²) in [4.78, 5) is 38.9. The van der Waals surface area contributed by atoms with E-state index < -0.39 is 28.7 Å². The SMILES string of the molecule is O=C(CCn1[nH]c(=O)c2ccccc2c1=O)N(Cc1ccco1)c1ccc(F)cc1F. The number of amides is 1. The molecule has 1 amide bonds. The highest BCUT2D eigenvalue weighted by Crippen LogP contribution is 2.23. The first-order valence-corrected chi connectivity index (χ1v) is 9.43. The number of carbonyl (C=O) groups excluding carboxylic acids is 1. The van der Waals surface area contributed by atoms with Gasteiger partial charge in [-0.1, -0.05) is 12.1 Å². The molecule has 7 nitrogen and oxygen atoms in total. The minimum atomic E-state index is -0.906. The first-order valence-electron chi connectivity index (χ1n) is 9.43. The summed E-state index contributed by atoms with van der Waals surface area (Å²) in [5.74, 6) is -1.82. The maximum Gasteiger partial charge on any atom is 0.273 e. The molecule has 0 saturated carbocycles. The first kappa shape index (κ1) is 20.3. The fraction of sp³-hybridized carbons (Fsp3) is 0.136. The average molecular weight is 425 g/mol. The van der Waals surface area contributed by atoms with Gasteiger partial charge in [0.25, 0.3) is 11.1 Å². The number of halogens is 2. The lowest BCUT2D eigenvalue weighted by Gasteiger charge is -2.22. The molecule has 0 atom stereocenters. The van der Waals surface area contributed by atoms with Gasteiger partial charge in [0, 0.05) is 12.5 Å². The van der Waals surface area contributed by atoms with Gasteiger partial charge in [0.05, 0.1) is 35.8 Å². The molecule has 4 aromatic rings. The van der Waals surface area contributed by atoms with Crippen molar-refractivity contribution in [2.75, 3.05) is 4.90 Å². The van der Waals surface area contributed by atoms with Crippen LogP contribution in [0.2, 0.25) is 0 Å². The maximum atomic E-state index is 14.4. The summed E-state index contributed by atoms with van der Waals surface area (Å²) in [6, 6.07) is 12.5. The molecule has 1 N–H and O–H groups in total. The Morgan fingerprint density at radius 3 is 2.52 bits per heavy atom. The summed E-state index contributed by atoms with van der Waals surface area (Å²) in [6.07, 6.45) is 1.20. The summed E-state index contributed by atoms with van der Waals surface area (Å²) in [5.41, 5.74) is -1.03.